The predicted octanol–water partition coefficient (Wildman–Crippen LogP) is 1.73. The second-order valence-corrected chi connectivity index (χ2v) is 5.29. The van der Waals surface area contributed by atoms with Crippen LogP contribution in [0.25, 0.3) is 0 Å². The maximum absolute atomic E-state index is 11.9. The summed E-state index contributed by atoms with van der Waals surface area (Å²) < 4.78 is 0. The number of thioether (sulfide) groups is 1. The van der Waals surface area contributed by atoms with E-state index in [0.717, 1.165) is 25.3 Å². The molecule has 0 bridgehead atoms. The van der Waals surface area contributed by atoms with Crippen LogP contribution in [0.15, 0.2) is 0 Å². The molecule has 0 aromatic rings. The van der Waals surface area contributed by atoms with E-state index in [-0.39, 0.29) is 5.91 Å². The van der Waals surface area contributed by atoms with Gasteiger partial charge in [0.1, 0.15) is 0 Å². The number of likely N-dealkylation sites (tertiary alicyclic amines) is 1. The average Bonchev–Trinajstić information content (AvgIpc) is 2.35. The molecular formula is C12H24N2OS. The molecule has 1 amide bonds. The van der Waals surface area contributed by atoms with Crippen LogP contribution >= 0.6 is 11.8 Å². The second kappa shape index (κ2) is 7.96. The van der Waals surface area contributed by atoms with Gasteiger partial charge in [0.05, 0.1) is 6.54 Å². The Morgan fingerprint density at radius 3 is 2.62 bits per heavy atom. The van der Waals surface area contributed by atoms with Crippen LogP contribution in [0.1, 0.15) is 32.6 Å². The molecule has 16 heavy (non-hydrogen) atoms. The van der Waals surface area contributed by atoms with E-state index in [1.165, 1.54) is 19.3 Å². The van der Waals surface area contributed by atoms with Crippen LogP contribution in [0.5, 0.6) is 0 Å². The average molecular weight is 244 g/mol. The van der Waals surface area contributed by atoms with Gasteiger partial charge in [0.25, 0.3) is 0 Å². The highest BCUT2D eigenvalue weighted by Crippen LogP contribution is 2.08. The first-order chi connectivity index (χ1) is 7.77. The largest absolute Gasteiger partial charge is 0.342 e. The van der Waals surface area contributed by atoms with Crippen molar-refractivity contribution >= 4 is 17.7 Å². The standard InChI is InChI=1S/C12H24N2OS/c1-3-11(10-16-2)13-9-12(15)14-7-5-4-6-8-14/h11,13H,3-10H2,1-2H3. The lowest BCUT2D eigenvalue weighted by molar-refractivity contribution is -0.131. The fourth-order valence-electron chi connectivity index (χ4n) is 2.01. The van der Waals surface area contributed by atoms with Crippen molar-refractivity contribution < 1.29 is 4.79 Å². The van der Waals surface area contributed by atoms with Crippen LogP contribution in [0.3, 0.4) is 0 Å². The summed E-state index contributed by atoms with van der Waals surface area (Å²) in [5.41, 5.74) is 0. The van der Waals surface area contributed by atoms with E-state index in [1.54, 1.807) is 0 Å². The van der Waals surface area contributed by atoms with Gasteiger partial charge in [-0.05, 0) is 31.9 Å². The van der Waals surface area contributed by atoms with Crippen molar-refractivity contribution in [1.29, 1.82) is 0 Å². The molecule has 0 saturated carbocycles. The van der Waals surface area contributed by atoms with E-state index >= 15 is 0 Å². The normalized spacial score (nSPS) is 18.5. The van der Waals surface area contributed by atoms with E-state index in [0.29, 0.717) is 12.6 Å². The maximum Gasteiger partial charge on any atom is 0.236 e. The first-order valence-electron chi connectivity index (χ1n) is 6.28. The van der Waals surface area contributed by atoms with Crippen LogP contribution in [-0.4, -0.2) is 48.5 Å². The fraction of sp³-hybridized carbons (Fsp3) is 0.917. The molecule has 1 rings (SSSR count). The SMILES string of the molecule is CCC(CSC)NCC(=O)N1CCCCC1. The smallest absolute Gasteiger partial charge is 0.236 e. The van der Waals surface area contributed by atoms with Gasteiger partial charge in [-0.2, -0.15) is 11.8 Å². The Bertz CT molecular complexity index is 205. The highest BCUT2D eigenvalue weighted by atomic mass is 32.2. The van der Waals surface area contributed by atoms with Crippen molar-refractivity contribution in [2.24, 2.45) is 0 Å². The molecule has 1 N–H and O–H groups in total. The molecule has 1 aliphatic heterocycles. The van der Waals surface area contributed by atoms with Gasteiger partial charge in [0.15, 0.2) is 0 Å². The monoisotopic (exact) mass is 244 g/mol. The lowest BCUT2D eigenvalue weighted by Crippen LogP contribution is -2.44. The summed E-state index contributed by atoms with van der Waals surface area (Å²) in [5, 5.41) is 3.36. The Morgan fingerprint density at radius 1 is 1.38 bits per heavy atom. The first kappa shape index (κ1) is 13.8. The van der Waals surface area contributed by atoms with Gasteiger partial charge in [-0.1, -0.05) is 6.92 Å². The first-order valence-corrected chi connectivity index (χ1v) is 7.67. The predicted molar refractivity (Wildman–Crippen MR) is 70.9 cm³/mol. The fourth-order valence-corrected chi connectivity index (χ4v) is 2.76. The summed E-state index contributed by atoms with van der Waals surface area (Å²) in [6.07, 6.45) is 6.83. The van der Waals surface area contributed by atoms with Crippen molar-refractivity contribution in [2.45, 2.75) is 38.6 Å². The third-order valence-electron chi connectivity index (χ3n) is 3.11. The summed E-state index contributed by atoms with van der Waals surface area (Å²) in [4.78, 5) is 13.9. The van der Waals surface area contributed by atoms with E-state index in [1.807, 2.05) is 16.7 Å². The molecule has 1 atom stereocenters. The molecule has 0 radical (unpaired) electrons. The Labute approximate surface area is 103 Å². The van der Waals surface area contributed by atoms with Gasteiger partial charge in [-0.3, -0.25) is 4.79 Å². The number of nitrogens with zero attached hydrogens (tertiary/aromatic N) is 1. The van der Waals surface area contributed by atoms with E-state index < -0.39 is 0 Å². The third-order valence-corrected chi connectivity index (χ3v) is 3.85. The Hall–Kier alpha value is -0.220. The quantitative estimate of drug-likeness (QED) is 0.772. The molecule has 0 aliphatic carbocycles. The van der Waals surface area contributed by atoms with Crippen LogP contribution in [-0.2, 0) is 4.79 Å². The van der Waals surface area contributed by atoms with Gasteiger partial charge >= 0.3 is 0 Å². The molecule has 1 saturated heterocycles. The van der Waals surface area contributed by atoms with Crippen molar-refractivity contribution in [3.8, 4) is 0 Å². The van der Waals surface area contributed by atoms with Crippen molar-refractivity contribution in [3.63, 3.8) is 0 Å². The minimum atomic E-state index is 0.277. The second-order valence-electron chi connectivity index (χ2n) is 4.38. The molecule has 4 heteroatoms. The van der Waals surface area contributed by atoms with Gasteiger partial charge in [-0.15, -0.1) is 0 Å². The zero-order chi connectivity index (χ0) is 11.8. The number of nitrogens with one attached hydrogen (secondary N) is 1. The summed E-state index contributed by atoms with van der Waals surface area (Å²) in [7, 11) is 0. The topological polar surface area (TPSA) is 32.3 Å². The summed E-state index contributed by atoms with van der Waals surface area (Å²) in [6, 6.07) is 0.476. The highest BCUT2D eigenvalue weighted by Gasteiger charge is 2.16. The number of piperidine rings is 1. The minimum Gasteiger partial charge on any atom is -0.342 e. The van der Waals surface area contributed by atoms with Crippen LogP contribution < -0.4 is 5.32 Å². The summed E-state index contributed by atoms with van der Waals surface area (Å²) in [5.74, 6) is 1.36. The van der Waals surface area contributed by atoms with Crippen molar-refractivity contribution in [3.05, 3.63) is 0 Å². The molecule has 0 spiro atoms. The summed E-state index contributed by atoms with van der Waals surface area (Å²) in [6.45, 7) is 4.60. The third kappa shape index (κ3) is 4.74. The Kier molecular flexibility index (Phi) is 6.88. The molecule has 94 valence electrons. The number of hydrogen-bond donors (Lipinski definition) is 1. The molecular weight excluding hydrogens is 220 g/mol. The molecule has 1 unspecified atom stereocenters. The number of carbonyl (C=O) groups excluding carboxylic acids is 1. The van der Waals surface area contributed by atoms with Crippen molar-refractivity contribution in [2.75, 3.05) is 31.6 Å². The maximum atomic E-state index is 11.9. The van der Waals surface area contributed by atoms with Crippen LogP contribution in [0, 0.1) is 0 Å². The Morgan fingerprint density at radius 2 is 2.06 bits per heavy atom. The lowest BCUT2D eigenvalue weighted by atomic mass is 10.1. The highest BCUT2D eigenvalue weighted by molar-refractivity contribution is 7.98. The van der Waals surface area contributed by atoms with Crippen molar-refractivity contribution in [1.82, 2.24) is 10.2 Å². The number of amides is 1. The number of carbonyl (C=O) groups is 1. The number of rotatable bonds is 6. The van der Waals surface area contributed by atoms with E-state index in [9.17, 15) is 4.79 Å². The van der Waals surface area contributed by atoms with Crippen LogP contribution in [0.4, 0.5) is 0 Å². The zero-order valence-electron chi connectivity index (χ0n) is 10.5. The van der Waals surface area contributed by atoms with Gasteiger partial charge in [0, 0.05) is 24.9 Å². The van der Waals surface area contributed by atoms with Gasteiger partial charge in [-0.25, -0.2) is 0 Å². The zero-order valence-corrected chi connectivity index (χ0v) is 11.3. The molecule has 1 heterocycles. The van der Waals surface area contributed by atoms with Gasteiger partial charge < -0.3 is 10.2 Å². The van der Waals surface area contributed by atoms with E-state index in [2.05, 4.69) is 18.5 Å². The molecule has 3 nitrogen and oxygen atoms in total. The number of hydrogen-bond acceptors (Lipinski definition) is 3. The lowest BCUT2D eigenvalue weighted by Gasteiger charge is -2.27. The molecule has 1 aliphatic rings. The molecule has 0 aromatic carbocycles. The van der Waals surface area contributed by atoms with Crippen LogP contribution in [0.2, 0.25) is 0 Å². The molecule has 1 fully saturated rings. The summed E-state index contributed by atoms with van der Waals surface area (Å²) >= 11 is 1.83. The minimum absolute atomic E-state index is 0.277. The Balaban J connectivity index is 2.22. The van der Waals surface area contributed by atoms with E-state index in [4.69, 9.17) is 0 Å². The molecule has 0 aromatic heterocycles. The van der Waals surface area contributed by atoms with Gasteiger partial charge in [0.2, 0.25) is 5.91 Å².